The fourth-order valence-electron chi connectivity index (χ4n) is 1.69. The monoisotopic (exact) mass is 397 g/mol. The molecule has 0 aliphatic rings. The highest BCUT2D eigenvalue weighted by atomic mass is 127. The molecule has 0 fully saturated rings. The van der Waals surface area contributed by atoms with Crippen LogP contribution in [0, 0.1) is 10.5 Å². The number of rotatable bonds is 4. The summed E-state index contributed by atoms with van der Waals surface area (Å²) in [6.07, 6.45) is 1.82. The molecular formula is C16H20IN3O. The summed E-state index contributed by atoms with van der Waals surface area (Å²) < 4.78 is 6.81. The van der Waals surface area contributed by atoms with Crippen molar-refractivity contribution in [3.8, 4) is 11.8 Å². The highest BCUT2D eigenvalue weighted by Crippen LogP contribution is 2.20. The van der Waals surface area contributed by atoms with Gasteiger partial charge >= 0.3 is 6.01 Å². The first-order valence-electron chi connectivity index (χ1n) is 6.84. The molecule has 0 unspecified atom stereocenters. The molecule has 0 radical (unpaired) electrons. The molecule has 1 aromatic heterocycles. The molecule has 1 heterocycles. The third-order valence-corrected chi connectivity index (χ3v) is 3.54. The van der Waals surface area contributed by atoms with E-state index in [0.717, 1.165) is 27.1 Å². The highest BCUT2D eigenvalue weighted by molar-refractivity contribution is 14.1. The molecule has 0 aliphatic heterocycles. The fourth-order valence-corrected chi connectivity index (χ4v) is 2.20. The van der Waals surface area contributed by atoms with Gasteiger partial charge in [0.25, 0.3) is 0 Å². The van der Waals surface area contributed by atoms with Crippen LogP contribution in [0.1, 0.15) is 32.0 Å². The smallest absolute Gasteiger partial charge is 0.322 e. The van der Waals surface area contributed by atoms with Crippen LogP contribution in [0.3, 0.4) is 0 Å². The van der Waals surface area contributed by atoms with Crippen LogP contribution in [0.4, 0.5) is 0 Å². The Balaban J connectivity index is 2.08. The van der Waals surface area contributed by atoms with Crippen molar-refractivity contribution in [2.45, 2.75) is 39.8 Å². The lowest BCUT2D eigenvalue weighted by atomic mass is 10.1. The van der Waals surface area contributed by atoms with Crippen molar-refractivity contribution in [2.75, 3.05) is 0 Å². The maximum absolute atomic E-state index is 5.69. The molecule has 0 bridgehead atoms. The molecule has 5 heteroatoms. The Bertz CT molecular complexity index is 623. The Morgan fingerprint density at radius 3 is 2.67 bits per heavy atom. The van der Waals surface area contributed by atoms with Gasteiger partial charge in [-0.2, -0.15) is 4.98 Å². The second kappa shape index (κ2) is 6.70. The summed E-state index contributed by atoms with van der Waals surface area (Å²) in [5, 5.41) is 3.43. The molecule has 0 saturated heterocycles. The number of hydrogen-bond acceptors (Lipinski definition) is 4. The number of halogens is 1. The summed E-state index contributed by atoms with van der Waals surface area (Å²) in [5.41, 5.74) is 2.09. The zero-order valence-electron chi connectivity index (χ0n) is 12.8. The van der Waals surface area contributed by atoms with Crippen LogP contribution in [0.2, 0.25) is 0 Å². The van der Waals surface area contributed by atoms with E-state index >= 15 is 0 Å². The minimum atomic E-state index is 0.0718. The lowest BCUT2D eigenvalue weighted by Gasteiger charge is -2.20. The van der Waals surface area contributed by atoms with Gasteiger partial charge in [0.2, 0.25) is 0 Å². The first-order chi connectivity index (χ1) is 9.83. The molecule has 1 aromatic carbocycles. The number of aromatic nitrogens is 2. The average molecular weight is 397 g/mol. The molecule has 4 nitrogen and oxygen atoms in total. The summed E-state index contributed by atoms with van der Waals surface area (Å²) in [6.45, 7) is 9.13. The van der Waals surface area contributed by atoms with Gasteiger partial charge in [-0.15, -0.1) is 0 Å². The van der Waals surface area contributed by atoms with Gasteiger partial charge in [0.15, 0.2) is 0 Å². The molecule has 2 rings (SSSR count). The summed E-state index contributed by atoms with van der Waals surface area (Å²) in [6, 6.07) is 8.20. The van der Waals surface area contributed by atoms with Gasteiger partial charge in [-0.1, -0.05) is 6.07 Å². The van der Waals surface area contributed by atoms with Crippen LogP contribution in [0.25, 0.3) is 0 Å². The van der Waals surface area contributed by atoms with Crippen molar-refractivity contribution in [1.29, 1.82) is 0 Å². The van der Waals surface area contributed by atoms with Crippen LogP contribution < -0.4 is 10.1 Å². The molecule has 0 atom stereocenters. The summed E-state index contributed by atoms with van der Waals surface area (Å²) in [7, 11) is 0. The molecule has 0 aliphatic carbocycles. The normalized spacial score (nSPS) is 11.5. The number of nitrogens with one attached hydrogen (secondary N) is 1. The summed E-state index contributed by atoms with van der Waals surface area (Å²) >= 11 is 2.25. The number of hydrogen-bond donors (Lipinski definition) is 1. The molecule has 0 spiro atoms. The van der Waals surface area contributed by atoms with E-state index in [9.17, 15) is 0 Å². The highest BCUT2D eigenvalue weighted by Gasteiger charge is 2.11. The van der Waals surface area contributed by atoms with Crippen molar-refractivity contribution in [3.63, 3.8) is 0 Å². The second-order valence-corrected chi connectivity index (χ2v) is 7.17. The van der Waals surface area contributed by atoms with Gasteiger partial charge < -0.3 is 10.1 Å². The number of nitrogens with zero attached hydrogens (tertiary/aromatic N) is 2. The number of aryl methyl sites for hydroxylation is 1. The van der Waals surface area contributed by atoms with E-state index in [4.69, 9.17) is 4.74 Å². The fraction of sp³-hybridized carbons (Fsp3) is 0.375. The van der Waals surface area contributed by atoms with Gasteiger partial charge in [0, 0.05) is 33.1 Å². The van der Waals surface area contributed by atoms with Crippen LogP contribution in [-0.4, -0.2) is 15.5 Å². The molecule has 1 N–H and O–H groups in total. The molecule has 2 aromatic rings. The van der Waals surface area contributed by atoms with Crippen molar-refractivity contribution in [2.24, 2.45) is 0 Å². The Labute approximate surface area is 139 Å². The SMILES string of the molecule is Cc1nc(Oc2cccc(I)c2)ncc1CNC(C)(C)C. The lowest BCUT2D eigenvalue weighted by Crippen LogP contribution is -2.35. The third-order valence-electron chi connectivity index (χ3n) is 2.87. The van der Waals surface area contributed by atoms with E-state index in [1.165, 1.54) is 0 Å². The van der Waals surface area contributed by atoms with Crippen LogP contribution in [0.15, 0.2) is 30.5 Å². The van der Waals surface area contributed by atoms with Crippen LogP contribution in [0.5, 0.6) is 11.8 Å². The minimum Gasteiger partial charge on any atom is -0.424 e. The largest absolute Gasteiger partial charge is 0.424 e. The van der Waals surface area contributed by atoms with Gasteiger partial charge in [-0.25, -0.2) is 4.98 Å². The maximum atomic E-state index is 5.69. The molecular weight excluding hydrogens is 377 g/mol. The van der Waals surface area contributed by atoms with Crippen LogP contribution >= 0.6 is 22.6 Å². The Morgan fingerprint density at radius 1 is 1.29 bits per heavy atom. The Kier molecular flexibility index (Phi) is 5.16. The second-order valence-electron chi connectivity index (χ2n) is 5.93. The maximum Gasteiger partial charge on any atom is 0.322 e. The van der Waals surface area contributed by atoms with Gasteiger partial charge in [0.1, 0.15) is 5.75 Å². The van der Waals surface area contributed by atoms with Crippen molar-refractivity contribution in [3.05, 3.63) is 45.3 Å². The van der Waals surface area contributed by atoms with E-state index in [2.05, 4.69) is 58.6 Å². The number of benzene rings is 1. The zero-order chi connectivity index (χ0) is 15.5. The quantitative estimate of drug-likeness (QED) is 0.791. The van der Waals surface area contributed by atoms with Gasteiger partial charge in [-0.05, 0) is 68.5 Å². The topological polar surface area (TPSA) is 47.0 Å². The van der Waals surface area contributed by atoms with Crippen molar-refractivity contribution >= 4 is 22.6 Å². The Hall–Kier alpha value is -1.21. The van der Waals surface area contributed by atoms with E-state index in [1.807, 2.05) is 37.4 Å². The predicted octanol–water partition coefficient (Wildman–Crippen LogP) is 4.07. The summed E-state index contributed by atoms with van der Waals surface area (Å²) in [4.78, 5) is 8.71. The minimum absolute atomic E-state index is 0.0718. The molecule has 112 valence electrons. The first-order valence-corrected chi connectivity index (χ1v) is 7.92. The van der Waals surface area contributed by atoms with E-state index < -0.39 is 0 Å². The molecule has 21 heavy (non-hydrogen) atoms. The van der Waals surface area contributed by atoms with Gasteiger partial charge in [-0.3, -0.25) is 0 Å². The van der Waals surface area contributed by atoms with Crippen molar-refractivity contribution in [1.82, 2.24) is 15.3 Å². The Morgan fingerprint density at radius 2 is 2.05 bits per heavy atom. The first kappa shape index (κ1) is 16.2. The zero-order valence-corrected chi connectivity index (χ0v) is 14.9. The van der Waals surface area contributed by atoms with Gasteiger partial charge in [0.05, 0.1) is 0 Å². The lowest BCUT2D eigenvalue weighted by molar-refractivity contribution is 0.418. The third kappa shape index (κ3) is 5.24. The molecule has 0 amide bonds. The van der Waals surface area contributed by atoms with Crippen LogP contribution in [-0.2, 0) is 6.54 Å². The summed E-state index contributed by atoms with van der Waals surface area (Å²) in [5.74, 6) is 0.752. The van der Waals surface area contributed by atoms with E-state index in [1.54, 1.807) is 0 Å². The molecule has 0 saturated carbocycles. The van der Waals surface area contributed by atoms with Crippen molar-refractivity contribution < 1.29 is 4.74 Å². The van der Waals surface area contributed by atoms with E-state index in [0.29, 0.717) is 6.01 Å². The van der Waals surface area contributed by atoms with E-state index in [-0.39, 0.29) is 5.54 Å². The number of ether oxygens (including phenoxy) is 1. The average Bonchev–Trinajstić information content (AvgIpc) is 2.36. The standard InChI is InChI=1S/C16H20IN3O/c1-11-12(10-19-16(2,3)4)9-18-15(20-11)21-14-7-5-6-13(17)8-14/h5-9,19H,10H2,1-4H3. The predicted molar refractivity (Wildman–Crippen MR) is 92.6 cm³/mol.